The highest BCUT2D eigenvalue weighted by atomic mass is 35.5. The summed E-state index contributed by atoms with van der Waals surface area (Å²) in [4.78, 5) is 0. The molecule has 0 aromatic heterocycles. The molecular weight excluding hydrogens is 258 g/mol. The number of aryl methyl sites for hydroxylation is 1. The highest BCUT2D eigenvalue weighted by Gasteiger charge is 2.28. The topological polar surface area (TPSA) is 26.0 Å². The standard InChI is InChI=1S/C11H12ClF4N/c1-6-4-7(8(12)5-9(6)13)10(17)2-3-11(14,15)16/h4-5,10H,2-3,17H2,1H3. The fourth-order valence-electron chi connectivity index (χ4n) is 1.44. The Morgan fingerprint density at radius 2 is 1.94 bits per heavy atom. The molecule has 1 unspecified atom stereocenters. The molecule has 1 rings (SSSR count). The monoisotopic (exact) mass is 269 g/mol. The van der Waals surface area contributed by atoms with Crippen LogP contribution in [0, 0.1) is 12.7 Å². The highest BCUT2D eigenvalue weighted by Crippen LogP contribution is 2.30. The number of halogens is 5. The minimum Gasteiger partial charge on any atom is -0.324 e. The summed E-state index contributed by atoms with van der Waals surface area (Å²) >= 11 is 5.75. The van der Waals surface area contributed by atoms with Gasteiger partial charge in [-0.2, -0.15) is 13.2 Å². The highest BCUT2D eigenvalue weighted by molar-refractivity contribution is 6.31. The third-order valence-corrected chi connectivity index (χ3v) is 2.74. The van der Waals surface area contributed by atoms with Crippen LogP contribution in [0.4, 0.5) is 17.6 Å². The Kier molecular flexibility index (Phi) is 4.38. The second kappa shape index (κ2) is 5.23. The van der Waals surface area contributed by atoms with Crippen LogP contribution >= 0.6 is 11.6 Å². The first kappa shape index (κ1) is 14.3. The van der Waals surface area contributed by atoms with Gasteiger partial charge in [0.05, 0.1) is 0 Å². The molecule has 0 amide bonds. The smallest absolute Gasteiger partial charge is 0.324 e. The summed E-state index contributed by atoms with van der Waals surface area (Å²) in [5.74, 6) is -0.498. The van der Waals surface area contributed by atoms with Crippen molar-refractivity contribution in [1.29, 1.82) is 0 Å². The van der Waals surface area contributed by atoms with Crippen LogP contribution in [0.5, 0.6) is 0 Å². The molecule has 96 valence electrons. The molecule has 0 aliphatic carbocycles. The van der Waals surface area contributed by atoms with Crippen molar-refractivity contribution in [3.05, 3.63) is 34.1 Å². The quantitative estimate of drug-likeness (QED) is 0.821. The van der Waals surface area contributed by atoms with E-state index in [9.17, 15) is 17.6 Å². The molecule has 0 heterocycles. The van der Waals surface area contributed by atoms with Crippen LogP contribution in [0.25, 0.3) is 0 Å². The molecule has 0 radical (unpaired) electrons. The van der Waals surface area contributed by atoms with Crippen LogP contribution in [0.1, 0.15) is 30.0 Å². The van der Waals surface area contributed by atoms with Crippen LogP contribution in [0.15, 0.2) is 12.1 Å². The van der Waals surface area contributed by atoms with Gasteiger partial charge in [-0.1, -0.05) is 17.7 Å². The zero-order valence-corrected chi connectivity index (χ0v) is 9.87. The van der Waals surface area contributed by atoms with Gasteiger partial charge in [0.2, 0.25) is 0 Å². The summed E-state index contributed by atoms with van der Waals surface area (Å²) in [7, 11) is 0. The van der Waals surface area contributed by atoms with E-state index in [-0.39, 0.29) is 11.4 Å². The van der Waals surface area contributed by atoms with Gasteiger partial charge in [0.1, 0.15) is 5.82 Å². The van der Waals surface area contributed by atoms with Crippen LogP contribution in [-0.2, 0) is 0 Å². The number of alkyl halides is 3. The molecule has 1 nitrogen and oxygen atoms in total. The van der Waals surface area contributed by atoms with Crippen molar-refractivity contribution in [3.8, 4) is 0 Å². The number of nitrogens with two attached hydrogens (primary N) is 1. The van der Waals surface area contributed by atoms with Gasteiger partial charge in [-0.25, -0.2) is 4.39 Å². The minimum absolute atomic E-state index is 0.0581. The maximum atomic E-state index is 13.1. The van der Waals surface area contributed by atoms with Gasteiger partial charge in [0, 0.05) is 17.5 Å². The number of benzene rings is 1. The maximum absolute atomic E-state index is 13.1. The van der Waals surface area contributed by atoms with Gasteiger partial charge in [-0.3, -0.25) is 0 Å². The molecule has 0 saturated heterocycles. The second-order valence-corrected chi connectivity index (χ2v) is 4.29. The SMILES string of the molecule is Cc1cc(C(N)CCC(F)(F)F)c(Cl)cc1F. The van der Waals surface area contributed by atoms with Crippen LogP contribution in [0.3, 0.4) is 0 Å². The Bertz CT molecular complexity index is 403. The first-order chi connectivity index (χ1) is 7.70. The van der Waals surface area contributed by atoms with Crippen molar-refractivity contribution in [2.45, 2.75) is 32.0 Å². The summed E-state index contributed by atoms with van der Waals surface area (Å²) in [6, 6.07) is 1.61. The molecule has 0 aliphatic heterocycles. The summed E-state index contributed by atoms with van der Waals surface area (Å²) in [6.45, 7) is 1.51. The Labute approximate surface area is 102 Å². The third-order valence-electron chi connectivity index (χ3n) is 2.42. The molecule has 1 aromatic carbocycles. The Balaban J connectivity index is 2.82. The van der Waals surface area contributed by atoms with Gasteiger partial charge in [-0.15, -0.1) is 0 Å². The van der Waals surface area contributed by atoms with E-state index in [1.807, 2.05) is 0 Å². The molecular formula is C11H12ClF4N. The number of hydrogen-bond acceptors (Lipinski definition) is 1. The van der Waals surface area contributed by atoms with E-state index in [1.165, 1.54) is 13.0 Å². The van der Waals surface area contributed by atoms with Crippen LogP contribution < -0.4 is 5.73 Å². The van der Waals surface area contributed by atoms with E-state index in [0.29, 0.717) is 11.1 Å². The number of rotatable bonds is 3. The lowest BCUT2D eigenvalue weighted by atomic mass is 10.0. The summed E-state index contributed by atoms with van der Waals surface area (Å²) in [5, 5.41) is 0.0581. The van der Waals surface area contributed by atoms with Gasteiger partial charge in [0.25, 0.3) is 0 Å². The van der Waals surface area contributed by atoms with E-state index in [2.05, 4.69) is 0 Å². The molecule has 1 aromatic rings. The Hall–Kier alpha value is -0.810. The Morgan fingerprint density at radius 3 is 2.47 bits per heavy atom. The van der Waals surface area contributed by atoms with Gasteiger partial charge in [-0.05, 0) is 30.5 Å². The fourth-order valence-corrected chi connectivity index (χ4v) is 1.73. The van der Waals surface area contributed by atoms with Crippen molar-refractivity contribution in [2.75, 3.05) is 0 Å². The largest absolute Gasteiger partial charge is 0.389 e. The molecule has 0 saturated carbocycles. The molecule has 0 aliphatic rings. The molecule has 0 spiro atoms. The van der Waals surface area contributed by atoms with Crippen molar-refractivity contribution in [1.82, 2.24) is 0 Å². The zero-order valence-electron chi connectivity index (χ0n) is 9.11. The molecule has 6 heteroatoms. The van der Waals surface area contributed by atoms with Crippen LogP contribution in [0.2, 0.25) is 5.02 Å². The number of hydrogen-bond donors (Lipinski definition) is 1. The van der Waals surface area contributed by atoms with E-state index < -0.39 is 24.5 Å². The minimum atomic E-state index is -4.25. The first-order valence-corrected chi connectivity index (χ1v) is 5.36. The van der Waals surface area contributed by atoms with Crippen molar-refractivity contribution in [2.24, 2.45) is 5.73 Å². The normalized spacial score (nSPS) is 13.8. The maximum Gasteiger partial charge on any atom is 0.389 e. The summed E-state index contributed by atoms with van der Waals surface area (Å²) < 4.78 is 49.2. The zero-order chi connectivity index (χ0) is 13.2. The average Bonchev–Trinajstić information content (AvgIpc) is 2.19. The van der Waals surface area contributed by atoms with Gasteiger partial charge in [0.15, 0.2) is 0 Å². The van der Waals surface area contributed by atoms with E-state index in [4.69, 9.17) is 17.3 Å². The second-order valence-electron chi connectivity index (χ2n) is 3.88. The van der Waals surface area contributed by atoms with Crippen molar-refractivity contribution < 1.29 is 17.6 Å². The molecule has 0 fully saturated rings. The average molecular weight is 270 g/mol. The van der Waals surface area contributed by atoms with E-state index in [1.54, 1.807) is 0 Å². The fraction of sp³-hybridized carbons (Fsp3) is 0.455. The summed E-state index contributed by atoms with van der Waals surface area (Å²) in [5.41, 5.74) is 6.27. The van der Waals surface area contributed by atoms with Crippen LogP contribution in [-0.4, -0.2) is 6.18 Å². The molecule has 2 N–H and O–H groups in total. The van der Waals surface area contributed by atoms with Gasteiger partial charge < -0.3 is 5.73 Å². The lowest BCUT2D eigenvalue weighted by Gasteiger charge is -2.16. The molecule has 0 bridgehead atoms. The van der Waals surface area contributed by atoms with Gasteiger partial charge >= 0.3 is 6.18 Å². The van der Waals surface area contributed by atoms with Crippen molar-refractivity contribution >= 4 is 11.6 Å². The van der Waals surface area contributed by atoms with E-state index >= 15 is 0 Å². The van der Waals surface area contributed by atoms with E-state index in [0.717, 1.165) is 6.07 Å². The first-order valence-electron chi connectivity index (χ1n) is 4.98. The van der Waals surface area contributed by atoms with Crippen molar-refractivity contribution in [3.63, 3.8) is 0 Å². The summed E-state index contributed by atoms with van der Waals surface area (Å²) in [6.07, 6.45) is -5.51. The Morgan fingerprint density at radius 1 is 1.35 bits per heavy atom. The predicted octanol–water partition coefficient (Wildman–Crippen LogP) is 4.13. The lowest BCUT2D eigenvalue weighted by molar-refractivity contribution is -0.136. The predicted molar refractivity (Wildman–Crippen MR) is 58.4 cm³/mol. The molecule has 17 heavy (non-hydrogen) atoms. The lowest BCUT2D eigenvalue weighted by Crippen LogP contribution is -2.16. The molecule has 1 atom stereocenters. The third kappa shape index (κ3) is 4.16.